The number of carbonyl (C=O) groups excluding carboxylic acids is 2. The maximum absolute atomic E-state index is 13.5. The summed E-state index contributed by atoms with van der Waals surface area (Å²) >= 11 is 0. The first kappa shape index (κ1) is 24.3. The van der Waals surface area contributed by atoms with Crippen molar-refractivity contribution in [3.05, 3.63) is 59.2 Å². The van der Waals surface area contributed by atoms with E-state index in [-0.39, 0.29) is 36.0 Å². The molecule has 0 spiro atoms. The SMILES string of the molecule is CC(=O)[C@@H]1C[C@H](N(Cc2cccc(C)c2)C(=O)CC(C)(C)C)CN1Cc1ccc2c(c1)OCO2. The number of hydrogen-bond donors (Lipinski definition) is 0. The van der Waals surface area contributed by atoms with Crippen LogP contribution in [0.2, 0.25) is 0 Å². The van der Waals surface area contributed by atoms with Gasteiger partial charge >= 0.3 is 0 Å². The van der Waals surface area contributed by atoms with E-state index >= 15 is 0 Å². The quantitative estimate of drug-likeness (QED) is 0.593. The van der Waals surface area contributed by atoms with Crippen LogP contribution in [0.5, 0.6) is 11.5 Å². The van der Waals surface area contributed by atoms with E-state index < -0.39 is 0 Å². The standard InChI is InChI=1S/C28H36N2O4/c1-19-7-6-8-21(11-19)16-30(27(32)14-28(3,4)5)23-13-24(20(2)31)29(17-23)15-22-9-10-25-26(12-22)34-18-33-25/h6-12,23-24H,13-18H2,1-5H3/t23-,24-/m0/s1. The lowest BCUT2D eigenvalue weighted by molar-refractivity contribution is -0.136. The fraction of sp³-hybridized carbons (Fsp3) is 0.500. The molecular weight excluding hydrogens is 428 g/mol. The van der Waals surface area contributed by atoms with Crippen LogP contribution in [-0.4, -0.2) is 46.9 Å². The van der Waals surface area contributed by atoms with Crippen LogP contribution in [0.3, 0.4) is 0 Å². The highest BCUT2D eigenvalue weighted by Gasteiger charge is 2.40. The maximum atomic E-state index is 13.5. The number of amides is 1. The molecule has 2 aliphatic heterocycles. The van der Waals surface area contributed by atoms with Crippen LogP contribution in [0.4, 0.5) is 0 Å². The average Bonchev–Trinajstić information content (AvgIpc) is 3.37. The van der Waals surface area contributed by atoms with E-state index in [1.54, 1.807) is 6.92 Å². The Hall–Kier alpha value is -2.86. The molecule has 0 aromatic heterocycles. The number of ether oxygens (including phenoxy) is 2. The van der Waals surface area contributed by atoms with E-state index in [0.29, 0.717) is 32.5 Å². The number of nitrogens with zero attached hydrogens (tertiary/aromatic N) is 2. The summed E-state index contributed by atoms with van der Waals surface area (Å²) in [5.74, 6) is 1.78. The normalized spacial score (nSPS) is 19.9. The number of carbonyl (C=O) groups is 2. The molecule has 182 valence electrons. The van der Waals surface area contributed by atoms with Crippen LogP contribution >= 0.6 is 0 Å². The van der Waals surface area contributed by atoms with Gasteiger partial charge in [0.05, 0.1) is 6.04 Å². The summed E-state index contributed by atoms with van der Waals surface area (Å²) in [5, 5.41) is 0. The van der Waals surface area contributed by atoms with Gasteiger partial charge in [0.15, 0.2) is 11.5 Å². The van der Waals surface area contributed by atoms with E-state index in [9.17, 15) is 9.59 Å². The van der Waals surface area contributed by atoms with Crippen LogP contribution in [-0.2, 0) is 22.7 Å². The molecule has 34 heavy (non-hydrogen) atoms. The minimum atomic E-state index is -0.210. The molecule has 1 amide bonds. The van der Waals surface area contributed by atoms with Gasteiger partial charge in [0.25, 0.3) is 0 Å². The van der Waals surface area contributed by atoms with Crippen LogP contribution in [0.1, 0.15) is 57.2 Å². The number of hydrogen-bond acceptors (Lipinski definition) is 5. The van der Waals surface area contributed by atoms with E-state index in [2.05, 4.69) is 50.8 Å². The Labute approximate surface area is 202 Å². The highest BCUT2D eigenvalue weighted by molar-refractivity contribution is 5.82. The second kappa shape index (κ2) is 9.79. The Morgan fingerprint density at radius 1 is 1.06 bits per heavy atom. The Bertz CT molecular complexity index is 1060. The zero-order chi connectivity index (χ0) is 24.5. The van der Waals surface area contributed by atoms with Gasteiger partial charge in [-0.1, -0.05) is 56.7 Å². The lowest BCUT2D eigenvalue weighted by Gasteiger charge is -2.32. The predicted molar refractivity (Wildman–Crippen MR) is 132 cm³/mol. The number of benzene rings is 2. The minimum Gasteiger partial charge on any atom is -0.454 e. The first-order valence-corrected chi connectivity index (χ1v) is 12.1. The van der Waals surface area contributed by atoms with Crippen LogP contribution in [0, 0.1) is 12.3 Å². The number of likely N-dealkylation sites (tertiary alicyclic amines) is 1. The molecular formula is C28H36N2O4. The minimum absolute atomic E-state index is 0.0155. The third-order valence-electron chi connectivity index (χ3n) is 6.55. The first-order chi connectivity index (χ1) is 16.1. The van der Waals surface area contributed by atoms with Gasteiger partial charge in [0, 0.05) is 32.1 Å². The molecule has 2 aliphatic rings. The zero-order valence-corrected chi connectivity index (χ0v) is 21.0. The van der Waals surface area contributed by atoms with Crippen LogP contribution in [0.25, 0.3) is 0 Å². The van der Waals surface area contributed by atoms with Gasteiger partial charge in [-0.05, 0) is 48.9 Å². The average molecular weight is 465 g/mol. The molecule has 1 saturated heterocycles. The lowest BCUT2D eigenvalue weighted by atomic mass is 9.91. The number of ketones is 1. The summed E-state index contributed by atoms with van der Waals surface area (Å²) < 4.78 is 11.0. The molecule has 6 heteroatoms. The van der Waals surface area contributed by atoms with Crippen molar-refractivity contribution in [2.24, 2.45) is 5.41 Å². The topological polar surface area (TPSA) is 59.1 Å². The summed E-state index contributed by atoms with van der Waals surface area (Å²) in [6, 6.07) is 14.0. The third kappa shape index (κ3) is 5.79. The number of Topliss-reactive ketones (excluding diaryl/α,β-unsaturated/α-hetero) is 1. The van der Waals surface area contributed by atoms with Crippen LogP contribution < -0.4 is 9.47 Å². The van der Waals surface area contributed by atoms with Gasteiger partial charge in [-0.2, -0.15) is 0 Å². The van der Waals surface area contributed by atoms with Crippen molar-refractivity contribution in [1.82, 2.24) is 9.80 Å². The molecule has 0 radical (unpaired) electrons. The molecule has 2 aromatic carbocycles. The smallest absolute Gasteiger partial charge is 0.231 e. The lowest BCUT2D eigenvalue weighted by Crippen LogP contribution is -2.42. The molecule has 2 heterocycles. The molecule has 0 bridgehead atoms. The van der Waals surface area contributed by atoms with E-state index in [4.69, 9.17) is 9.47 Å². The number of rotatable bonds is 7. The van der Waals surface area contributed by atoms with E-state index in [1.165, 1.54) is 5.56 Å². The molecule has 2 atom stereocenters. The number of aryl methyl sites for hydroxylation is 1. The van der Waals surface area contributed by atoms with Gasteiger partial charge < -0.3 is 14.4 Å². The largest absolute Gasteiger partial charge is 0.454 e. The summed E-state index contributed by atoms with van der Waals surface area (Å²) in [4.78, 5) is 30.3. The molecule has 2 aromatic rings. The van der Waals surface area contributed by atoms with Gasteiger partial charge in [0.1, 0.15) is 5.78 Å². The Morgan fingerprint density at radius 3 is 2.53 bits per heavy atom. The van der Waals surface area contributed by atoms with E-state index in [0.717, 1.165) is 22.6 Å². The Kier molecular flexibility index (Phi) is 6.99. The van der Waals surface area contributed by atoms with Crippen molar-refractivity contribution < 1.29 is 19.1 Å². The maximum Gasteiger partial charge on any atom is 0.231 e. The van der Waals surface area contributed by atoms with Crippen molar-refractivity contribution in [1.29, 1.82) is 0 Å². The Balaban J connectivity index is 1.56. The molecule has 4 rings (SSSR count). The summed E-state index contributed by atoms with van der Waals surface area (Å²) in [5.41, 5.74) is 3.27. The third-order valence-corrected chi connectivity index (χ3v) is 6.55. The van der Waals surface area contributed by atoms with Crippen molar-refractivity contribution in [2.45, 2.75) is 72.6 Å². The predicted octanol–water partition coefficient (Wildman–Crippen LogP) is 4.72. The molecule has 6 nitrogen and oxygen atoms in total. The van der Waals surface area contributed by atoms with E-state index in [1.807, 2.05) is 29.2 Å². The number of fused-ring (bicyclic) bond motifs is 1. The highest BCUT2D eigenvalue weighted by Crippen LogP contribution is 2.34. The molecule has 1 fully saturated rings. The van der Waals surface area contributed by atoms with Gasteiger partial charge in [0.2, 0.25) is 12.7 Å². The summed E-state index contributed by atoms with van der Waals surface area (Å²) in [6.07, 6.45) is 1.13. The fourth-order valence-electron chi connectivity index (χ4n) is 4.96. The fourth-order valence-corrected chi connectivity index (χ4v) is 4.96. The van der Waals surface area contributed by atoms with Gasteiger partial charge in [-0.3, -0.25) is 14.5 Å². The van der Waals surface area contributed by atoms with Gasteiger partial charge in [-0.15, -0.1) is 0 Å². The molecule has 0 N–H and O–H groups in total. The monoisotopic (exact) mass is 464 g/mol. The van der Waals surface area contributed by atoms with Crippen molar-refractivity contribution in [2.75, 3.05) is 13.3 Å². The summed E-state index contributed by atoms with van der Waals surface area (Å²) in [7, 11) is 0. The van der Waals surface area contributed by atoms with Gasteiger partial charge in [-0.25, -0.2) is 0 Å². The molecule has 0 aliphatic carbocycles. The molecule has 0 saturated carbocycles. The van der Waals surface area contributed by atoms with Crippen molar-refractivity contribution >= 4 is 11.7 Å². The second-order valence-corrected chi connectivity index (χ2v) is 10.9. The van der Waals surface area contributed by atoms with Crippen LogP contribution in [0.15, 0.2) is 42.5 Å². The van der Waals surface area contributed by atoms with Crippen molar-refractivity contribution in [3.63, 3.8) is 0 Å². The Morgan fingerprint density at radius 2 is 1.82 bits per heavy atom. The second-order valence-electron chi connectivity index (χ2n) is 10.9. The summed E-state index contributed by atoms with van der Waals surface area (Å²) in [6.45, 7) is 12.1. The van der Waals surface area contributed by atoms with Crippen molar-refractivity contribution in [3.8, 4) is 11.5 Å². The highest BCUT2D eigenvalue weighted by atomic mass is 16.7. The molecule has 0 unspecified atom stereocenters. The first-order valence-electron chi connectivity index (χ1n) is 12.1. The zero-order valence-electron chi connectivity index (χ0n) is 21.0.